The highest BCUT2D eigenvalue weighted by Gasteiger charge is 2.26. The van der Waals surface area contributed by atoms with Gasteiger partial charge in [0.2, 0.25) is 10.0 Å². The first-order chi connectivity index (χ1) is 13.4. The number of nitrogens with zero attached hydrogens (tertiary/aromatic N) is 1. The van der Waals surface area contributed by atoms with Gasteiger partial charge in [-0.25, -0.2) is 13.1 Å². The molecule has 160 valence electrons. The monoisotopic (exact) mass is 440 g/mol. The number of aryl methyl sites for hydroxylation is 1. The van der Waals surface area contributed by atoms with Crippen LogP contribution in [0.5, 0.6) is 11.5 Å². The van der Waals surface area contributed by atoms with Crippen molar-refractivity contribution in [3.05, 3.63) is 53.6 Å². The van der Waals surface area contributed by atoms with Crippen molar-refractivity contribution >= 4 is 22.4 Å². The number of benzene rings is 2. The normalized spacial score (nSPS) is 15.6. The predicted octanol–water partition coefficient (Wildman–Crippen LogP) is 3.38. The smallest absolute Gasteiger partial charge is 0.241 e. The summed E-state index contributed by atoms with van der Waals surface area (Å²) in [5.74, 6) is 0.930. The number of hydrogen-bond donors (Lipinski definition) is 1. The van der Waals surface area contributed by atoms with Crippen LogP contribution in [0.15, 0.2) is 47.4 Å². The van der Waals surface area contributed by atoms with Crippen LogP contribution in [0.1, 0.15) is 24.0 Å². The third-order valence-corrected chi connectivity index (χ3v) is 6.79. The van der Waals surface area contributed by atoms with Crippen molar-refractivity contribution in [3.63, 3.8) is 0 Å². The Kier molecular flexibility index (Phi) is 8.34. The molecule has 0 bridgehead atoms. The van der Waals surface area contributed by atoms with Gasteiger partial charge in [-0.15, -0.1) is 12.4 Å². The zero-order valence-electron chi connectivity index (χ0n) is 17.1. The summed E-state index contributed by atoms with van der Waals surface area (Å²) in [6.45, 7) is 4.40. The minimum atomic E-state index is -3.63. The van der Waals surface area contributed by atoms with E-state index in [1.54, 1.807) is 13.0 Å². The van der Waals surface area contributed by atoms with Gasteiger partial charge in [0.15, 0.2) is 11.5 Å². The first-order valence-electron chi connectivity index (χ1n) is 9.44. The number of halogens is 1. The van der Waals surface area contributed by atoms with E-state index in [0.717, 1.165) is 32.5 Å². The Morgan fingerprint density at radius 3 is 2.21 bits per heavy atom. The molecule has 2 aromatic carbocycles. The fourth-order valence-corrected chi connectivity index (χ4v) is 5.13. The van der Waals surface area contributed by atoms with E-state index in [-0.39, 0.29) is 23.3 Å². The molecule has 1 aliphatic rings. The molecule has 1 aliphatic heterocycles. The van der Waals surface area contributed by atoms with Gasteiger partial charge in [-0.3, -0.25) is 4.90 Å². The van der Waals surface area contributed by atoms with E-state index < -0.39 is 10.0 Å². The van der Waals surface area contributed by atoms with Crippen molar-refractivity contribution in [2.75, 3.05) is 27.3 Å². The number of piperidine rings is 1. The van der Waals surface area contributed by atoms with Crippen molar-refractivity contribution in [2.24, 2.45) is 0 Å². The van der Waals surface area contributed by atoms with E-state index in [1.807, 2.05) is 18.2 Å². The Labute approximate surface area is 179 Å². The molecule has 3 rings (SSSR count). The molecule has 0 atom stereocenters. The molecule has 0 saturated carbocycles. The molecule has 0 aliphatic carbocycles. The van der Waals surface area contributed by atoms with Crippen LogP contribution in [0, 0.1) is 6.92 Å². The second-order valence-corrected chi connectivity index (χ2v) is 8.81. The molecule has 0 spiro atoms. The van der Waals surface area contributed by atoms with E-state index in [0.29, 0.717) is 17.1 Å². The fraction of sp³-hybridized carbons (Fsp3) is 0.429. The van der Waals surface area contributed by atoms with Gasteiger partial charge in [0.25, 0.3) is 0 Å². The summed E-state index contributed by atoms with van der Waals surface area (Å²) < 4.78 is 39.3. The van der Waals surface area contributed by atoms with Crippen LogP contribution in [0.2, 0.25) is 0 Å². The number of nitrogens with one attached hydrogen (secondary N) is 1. The minimum absolute atomic E-state index is 0. The minimum Gasteiger partial charge on any atom is -0.493 e. The van der Waals surface area contributed by atoms with E-state index in [9.17, 15) is 8.42 Å². The second-order valence-electron chi connectivity index (χ2n) is 7.13. The molecule has 0 unspecified atom stereocenters. The highest BCUT2D eigenvalue weighted by Crippen LogP contribution is 2.32. The maximum absolute atomic E-state index is 12.9. The average molecular weight is 441 g/mol. The Morgan fingerprint density at radius 2 is 1.62 bits per heavy atom. The van der Waals surface area contributed by atoms with Crippen molar-refractivity contribution in [3.8, 4) is 11.5 Å². The largest absolute Gasteiger partial charge is 0.493 e. The molecule has 1 heterocycles. The molecule has 8 heteroatoms. The van der Waals surface area contributed by atoms with Gasteiger partial charge in [0.05, 0.1) is 19.1 Å². The lowest BCUT2D eigenvalue weighted by Crippen LogP contribution is -2.44. The van der Waals surface area contributed by atoms with Crippen LogP contribution in [-0.4, -0.2) is 46.7 Å². The molecule has 1 N–H and O–H groups in total. The first-order valence-corrected chi connectivity index (χ1v) is 10.9. The molecular formula is C21H29ClN2O4S. The summed E-state index contributed by atoms with van der Waals surface area (Å²) in [5, 5.41) is 0. The summed E-state index contributed by atoms with van der Waals surface area (Å²) in [6, 6.07) is 13.5. The quantitative estimate of drug-likeness (QED) is 0.714. The van der Waals surface area contributed by atoms with Crippen molar-refractivity contribution in [1.29, 1.82) is 0 Å². The maximum Gasteiger partial charge on any atom is 0.241 e. The van der Waals surface area contributed by atoms with Gasteiger partial charge in [-0.2, -0.15) is 0 Å². The molecular weight excluding hydrogens is 412 g/mol. The number of ether oxygens (including phenoxy) is 2. The van der Waals surface area contributed by atoms with Gasteiger partial charge in [-0.05, 0) is 37.0 Å². The summed E-state index contributed by atoms with van der Waals surface area (Å²) in [4.78, 5) is 2.60. The Morgan fingerprint density at radius 1 is 1.03 bits per heavy atom. The molecule has 29 heavy (non-hydrogen) atoms. The van der Waals surface area contributed by atoms with Crippen LogP contribution in [0.3, 0.4) is 0 Å². The molecule has 0 aromatic heterocycles. The molecule has 0 radical (unpaired) electrons. The SMILES string of the molecule is COc1cc(C)c(S(=O)(=O)NC2CCN(Cc3ccccc3)CC2)cc1OC.Cl. The molecule has 6 nitrogen and oxygen atoms in total. The van der Waals surface area contributed by atoms with Crippen LogP contribution >= 0.6 is 12.4 Å². The lowest BCUT2D eigenvalue weighted by atomic mass is 10.1. The molecule has 1 fully saturated rings. The number of rotatable bonds is 7. The van der Waals surface area contributed by atoms with Crippen LogP contribution in [0.4, 0.5) is 0 Å². The number of likely N-dealkylation sites (tertiary alicyclic amines) is 1. The molecule has 2 aromatic rings. The van der Waals surface area contributed by atoms with Gasteiger partial charge >= 0.3 is 0 Å². The fourth-order valence-electron chi connectivity index (χ4n) is 3.58. The Balaban J connectivity index is 0.00000300. The zero-order chi connectivity index (χ0) is 20.1. The van der Waals surface area contributed by atoms with Gasteiger partial charge < -0.3 is 9.47 Å². The third kappa shape index (κ3) is 5.85. The lowest BCUT2D eigenvalue weighted by Gasteiger charge is -2.32. The molecule has 1 saturated heterocycles. The van der Waals surface area contributed by atoms with E-state index >= 15 is 0 Å². The summed E-state index contributed by atoms with van der Waals surface area (Å²) in [6.07, 6.45) is 1.58. The summed E-state index contributed by atoms with van der Waals surface area (Å²) in [5.41, 5.74) is 1.91. The third-order valence-electron chi connectivity index (χ3n) is 5.13. The number of sulfonamides is 1. The van der Waals surface area contributed by atoms with E-state index in [1.165, 1.54) is 25.8 Å². The zero-order valence-corrected chi connectivity index (χ0v) is 18.7. The number of hydrogen-bond acceptors (Lipinski definition) is 5. The predicted molar refractivity (Wildman–Crippen MR) is 117 cm³/mol. The standard InChI is InChI=1S/C21H28N2O4S.ClH/c1-16-13-19(26-2)20(27-3)14-21(16)28(24,25)22-18-9-11-23(12-10-18)15-17-7-5-4-6-8-17;/h4-8,13-14,18,22H,9-12,15H2,1-3H3;1H. The van der Waals surface area contributed by atoms with Gasteiger partial charge in [0.1, 0.15) is 0 Å². The van der Waals surface area contributed by atoms with Crippen LogP contribution < -0.4 is 14.2 Å². The van der Waals surface area contributed by atoms with Gasteiger partial charge in [-0.1, -0.05) is 30.3 Å². The highest BCUT2D eigenvalue weighted by atomic mass is 35.5. The summed E-state index contributed by atoms with van der Waals surface area (Å²) in [7, 11) is -0.594. The second kappa shape index (κ2) is 10.3. The van der Waals surface area contributed by atoms with Crippen LogP contribution in [-0.2, 0) is 16.6 Å². The molecule has 0 amide bonds. The van der Waals surface area contributed by atoms with Crippen molar-refractivity contribution in [2.45, 2.75) is 37.2 Å². The van der Waals surface area contributed by atoms with E-state index in [2.05, 4.69) is 21.8 Å². The lowest BCUT2D eigenvalue weighted by molar-refractivity contribution is 0.200. The topological polar surface area (TPSA) is 67.9 Å². The highest BCUT2D eigenvalue weighted by molar-refractivity contribution is 7.89. The summed E-state index contributed by atoms with van der Waals surface area (Å²) >= 11 is 0. The van der Waals surface area contributed by atoms with Crippen LogP contribution in [0.25, 0.3) is 0 Å². The van der Waals surface area contributed by atoms with Gasteiger partial charge in [0, 0.05) is 31.7 Å². The van der Waals surface area contributed by atoms with Crippen molar-refractivity contribution in [1.82, 2.24) is 9.62 Å². The maximum atomic E-state index is 12.9. The first kappa shape index (κ1) is 23.5. The number of methoxy groups -OCH3 is 2. The average Bonchev–Trinajstić information content (AvgIpc) is 2.69. The van der Waals surface area contributed by atoms with Crippen molar-refractivity contribution < 1.29 is 17.9 Å². The Bertz CT molecular complexity index is 898. The Hall–Kier alpha value is -1.80. The van der Waals surface area contributed by atoms with E-state index in [4.69, 9.17) is 9.47 Å².